The van der Waals surface area contributed by atoms with Crippen LogP contribution < -0.4 is 5.32 Å². The molecule has 16 heavy (non-hydrogen) atoms. The molecular formula is C12H20BrNOS. The molecule has 0 bridgehead atoms. The highest BCUT2D eigenvalue weighted by Crippen LogP contribution is 2.29. The van der Waals surface area contributed by atoms with E-state index in [0.717, 1.165) is 6.42 Å². The minimum atomic E-state index is 0.244. The Hall–Kier alpha value is 0.100. The molecule has 0 aromatic carbocycles. The van der Waals surface area contributed by atoms with E-state index in [4.69, 9.17) is 5.11 Å². The summed E-state index contributed by atoms with van der Waals surface area (Å²) in [7, 11) is 0. The highest BCUT2D eigenvalue weighted by Gasteiger charge is 2.18. The Morgan fingerprint density at radius 2 is 2.12 bits per heavy atom. The van der Waals surface area contributed by atoms with Crippen LogP contribution in [0.2, 0.25) is 0 Å². The van der Waals surface area contributed by atoms with E-state index in [0.29, 0.717) is 18.0 Å². The predicted octanol–water partition coefficient (Wildman–Crippen LogP) is 3.57. The Morgan fingerprint density at radius 3 is 2.56 bits per heavy atom. The molecule has 2 unspecified atom stereocenters. The van der Waals surface area contributed by atoms with Crippen LogP contribution in [0, 0.1) is 5.92 Å². The van der Waals surface area contributed by atoms with E-state index >= 15 is 0 Å². The summed E-state index contributed by atoms with van der Waals surface area (Å²) < 4.78 is 1.17. The van der Waals surface area contributed by atoms with Gasteiger partial charge in [-0.1, -0.05) is 13.8 Å². The van der Waals surface area contributed by atoms with Gasteiger partial charge >= 0.3 is 0 Å². The van der Waals surface area contributed by atoms with Crippen molar-refractivity contribution in [2.24, 2.45) is 5.92 Å². The van der Waals surface area contributed by atoms with Gasteiger partial charge in [0.05, 0.1) is 0 Å². The van der Waals surface area contributed by atoms with Crippen LogP contribution in [0.15, 0.2) is 15.9 Å². The number of thiophene rings is 1. The summed E-state index contributed by atoms with van der Waals surface area (Å²) in [5, 5.41) is 14.7. The van der Waals surface area contributed by atoms with Crippen molar-refractivity contribution < 1.29 is 5.11 Å². The highest BCUT2D eigenvalue weighted by atomic mass is 79.9. The Morgan fingerprint density at radius 1 is 1.44 bits per heavy atom. The van der Waals surface area contributed by atoms with Crippen molar-refractivity contribution in [3.05, 3.63) is 20.8 Å². The molecule has 0 radical (unpaired) electrons. The first kappa shape index (κ1) is 14.2. The molecule has 2 nitrogen and oxygen atoms in total. The first-order valence-corrected chi connectivity index (χ1v) is 7.33. The zero-order chi connectivity index (χ0) is 12.1. The fourth-order valence-corrected chi connectivity index (χ4v) is 3.49. The molecule has 4 heteroatoms. The first-order valence-electron chi connectivity index (χ1n) is 5.66. The molecule has 0 aliphatic rings. The maximum Gasteiger partial charge on any atom is 0.0445 e. The van der Waals surface area contributed by atoms with Crippen LogP contribution in [0.1, 0.15) is 38.1 Å². The molecule has 0 aliphatic carbocycles. The zero-order valence-electron chi connectivity index (χ0n) is 10.0. The average molecular weight is 306 g/mol. The van der Waals surface area contributed by atoms with Crippen LogP contribution in [0.25, 0.3) is 0 Å². The third kappa shape index (κ3) is 3.84. The highest BCUT2D eigenvalue weighted by molar-refractivity contribution is 9.10. The van der Waals surface area contributed by atoms with Crippen molar-refractivity contribution in [3.8, 4) is 0 Å². The van der Waals surface area contributed by atoms with Gasteiger partial charge in [0.1, 0.15) is 0 Å². The minimum Gasteiger partial charge on any atom is -0.396 e. The number of rotatable bonds is 6. The number of hydrogen-bond donors (Lipinski definition) is 2. The second-order valence-corrected chi connectivity index (χ2v) is 6.19. The van der Waals surface area contributed by atoms with E-state index in [9.17, 15) is 0 Å². The Balaban J connectivity index is 2.61. The second-order valence-electron chi connectivity index (χ2n) is 4.38. The topological polar surface area (TPSA) is 32.3 Å². The summed E-state index contributed by atoms with van der Waals surface area (Å²) in [6, 6.07) is 2.77. The predicted molar refractivity (Wildman–Crippen MR) is 73.9 cm³/mol. The average Bonchev–Trinajstić information content (AvgIpc) is 2.63. The summed E-state index contributed by atoms with van der Waals surface area (Å²) in [6.07, 6.45) is 0.811. The van der Waals surface area contributed by atoms with Crippen molar-refractivity contribution in [2.45, 2.75) is 39.3 Å². The normalized spacial score (nSPS) is 15.4. The molecule has 0 saturated heterocycles. The van der Waals surface area contributed by atoms with Crippen molar-refractivity contribution in [3.63, 3.8) is 0 Å². The molecule has 0 fully saturated rings. The van der Waals surface area contributed by atoms with Gasteiger partial charge in [0.2, 0.25) is 0 Å². The molecule has 0 saturated carbocycles. The Labute approximate surface area is 110 Å². The van der Waals surface area contributed by atoms with Gasteiger partial charge in [-0.25, -0.2) is 0 Å². The lowest BCUT2D eigenvalue weighted by atomic mass is 10.0. The lowest BCUT2D eigenvalue weighted by Gasteiger charge is -2.25. The molecule has 0 aliphatic heterocycles. The van der Waals surface area contributed by atoms with E-state index < -0.39 is 0 Å². The van der Waals surface area contributed by atoms with E-state index in [1.54, 1.807) is 11.3 Å². The van der Waals surface area contributed by atoms with Crippen LogP contribution in [0.3, 0.4) is 0 Å². The van der Waals surface area contributed by atoms with Gasteiger partial charge in [-0.2, -0.15) is 0 Å². The molecule has 1 heterocycles. The SMILES string of the molecule is CC(NC(CCO)C(C)C)c1sccc1Br. The van der Waals surface area contributed by atoms with Gasteiger partial charge in [-0.15, -0.1) is 11.3 Å². The van der Waals surface area contributed by atoms with Crippen molar-refractivity contribution >= 4 is 27.3 Å². The third-order valence-corrected chi connectivity index (χ3v) is 4.80. The molecule has 1 aromatic rings. The van der Waals surface area contributed by atoms with Crippen LogP contribution in [-0.4, -0.2) is 17.8 Å². The molecule has 92 valence electrons. The van der Waals surface area contributed by atoms with E-state index in [1.165, 1.54) is 9.35 Å². The molecule has 0 amide bonds. The second kappa shape index (κ2) is 6.74. The maximum absolute atomic E-state index is 9.04. The Kier molecular flexibility index (Phi) is 5.97. The van der Waals surface area contributed by atoms with Gasteiger partial charge < -0.3 is 10.4 Å². The fraction of sp³-hybridized carbons (Fsp3) is 0.667. The smallest absolute Gasteiger partial charge is 0.0445 e. The zero-order valence-corrected chi connectivity index (χ0v) is 12.4. The van der Waals surface area contributed by atoms with Crippen LogP contribution in [0.5, 0.6) is 0 Å². The summed E-state index contributed by atoms with van der Waals surface area (Å²) in [5.74, 6) is 0.535. The van der Waals surface area contributed by atoms with Gasteiger partial charge in [-0.05, 0) is 46.6 Å². The fourth-order valence-electron chi connectivity index (χ4n) is 1.76. The molecule has 0 spiro atoms. The number of aliphatic hydroxyl groups is 1. The lowest BCUT2D eigenvalue weighted by molar-refractivity contribution is 0.237. The number of halogens is 1. The van der Waals surface area contributed by atoms with E-state index in [2.05, 4.69) is 53.5 Å². The van der Waals surface area contributed by atoms with E-state index in [1.807, 2.05) is 0 Å². The molecule has 1 aromatic heterocycles. The van der Waals surface area contributed by atoms with Crippen LogP contribution in [-0.2, 0) is 0 Å². The van der Waals surface area contributed by atoms with Gasteiger partial charge in [-0.3, -0.25) is 0 Å². The molecule has 2 atom stereocenters. The summed E-state index contributed by atoms with van der Waals surface area (Å²) >= 11 is 5.31. The first-order chi connectivity index (χ1) is 7.56. The van der Waals surface area contributed by atoms with Crippen molar-refractivity contribution in [2.75, 3.05) is 6.61 Å². The third-order valence-electron chi connectivity index (χ3n) is 2.75. The van der Waals surface area contributed by atoms with Crippen molar-refractivity contribution in [1.82, 2.24) is 5.32 Å². The number of hydrogen-bond acceptors (Lipinski definition) is 3. The van der Waals surface area contributed by atoms with Crippen molar-refractivity contribution in [1.29, 1.82) is 0 Å². The minimum absolute atomic E-state index is 0.244. The summed E-state index contributed by atoms with van der Waals surface area (Å²) in [6.45, 7) is 6.78. The molecule has 1 rings (SSSR count). The van der Waals surface area contributed by atoms with Gasteiger partial charge in [0.25, 0.3) is 0 Å². The van der Waals surface area contributed by atoms with Crippen LogP contribution >= 0.6 is 27.3 Å². The molecule has 2 N–H and O–H groups in total. The lowest BCUT2D eigenvalue weighted by Crippen LogP contribution is -2.36. The van der Waals surface area contributed by atoms with Gasteiger partial charge in [0, 0.05) is 28.0 Å². The maximum atomic E-state index is 9.04. The largest absolute Gasteiger partial charge is 0.396 e. The monoisotopic (exact) mass is 305 g/mol. The number of aliphatic hydroxyl groups excluding tert-OH is 1. The summed E-state index contributed by atoms with van der Waals surface area (Å²) in [5.41, 5.74) is 0. The van der Waals surface area contributed by atoms with Gasteiger partial charge in [0.15, 0.2) is 0 Å². The van der Waals surface area contributed by atoms with E-state index in [-0.39, 0.29) is 6.61 Å². The quantitative estimate of drug-likeness (QED) is 0.842. The standard InChI is InChI=1S/C12H20BrNOS/c1-8(2)11(4-6-15)14-9(3)12-10(13)5-7-16-12/h5,7-9,11,14-15H,4,6H2,1-3H3. The number of nitrogens with one attached hydrogen (secondary N) is 1. The van der Waals surface area contributed by atoms with Crippen LogP contribution in [0.4, 0.5) is 0 Å². The summed E-state index contributed by atoms with van der Waals surface area (Å²) in [4.78, 5) is 1.32. The Bertz CT molecular complexity index is 314. The molecular weight excluding hydrogens is 286 g/mol.